The van der Waals surface area contributed by atoms with E-state index in [1.165, 1.54) is 0 Å². The van der Waals surface area contributed by atoms with Crippen LogP contribution in [0.15, 0.2) is 12.1 Å². The summed E-state index contributed by atoms with van der Waals surface area (Å²) in [5.74, 6) is 0.403. The van der Waals surface area contributed by atoms with Crippen LogP contribution in [0.3, 0.4) is 0 Å². The van der Waals surface area contributed by atoms with Crippen LogP contribution in [0.1, 0.15) is 24.4 Å². The van der Waals surface area contributed by atoms with E-state index in [1.807, 2.05) is 6.07 Å². The molecule has 1 fully saturated rings. The molecule has 0 spiro atoms. The van der Waals surface area contributed by atoms with Crippen LogP contribution in [-0.4, -0.2) is 31.3 Å². The number of hydrogen-bond acceptors (Lipinski definition) is 4. The van der Waals surface area contributed by atoms with Gasteiger partial charge in [0.1, 0.15) is 23.5 Å². The molecule has 5 nitrogen and oxygen atoms in total. The normalized spacial score (nSPS) is 26.0. The van der Waals surface area contributed by atoms with Crippen LogP contribution < -0.4 is 15.8 Å². The van der Waals surface area contributed by atoms with Gasteiger partial charge in [-0.15, -0.1) is 12.4 Å². The summed E-state index contributed by atoms with van der Waals surface area (Å²) in [5, 5.41) is 3.75. The molecule has 2 aliphatic rings. The lowest BCUT2D eigenvalue weighted by Crippen LogP contribution is -2.38. The molecule has 2 aliphatic heterocycles. The lowest BCUT2D eigenvalue weighted by Gasteiger charge is -2.16. The highest BCUT2D eigenvalue weighted by molar-refractivity contribution is 6.43. The van der Waals surface area contributed by atoms with E-state index < -0.39 is 6.10 Å². The second-order valence-corrected chi connectivity index (χ2v) is 6.00. The van der Waals surface area contributed by atoms with E-state index >= 15 is 0 Å². The number of rotatable bonds is 3. The van der Waals surface area contributed by atoms with Crippen LogP contribution in [0.4, 0.5) is 0 Å². The molecule has 122 valence electrons. The zero-order valence-corrected chi connectivity index (χ0v) is 14.0. The van der Waals surface area contributed by atoms with Gasteiger partial charge >= 0.3 is 0 Å². The quantitative estimate of drug-likeness (QED) is 0.861. The summed E-state index contributed by atoms with van der Waals surface area (Å²) in [7, 11) is 0. The summed E-state index contributed by atoms with van der Waals surface area (Å²) in [6.45, 7) is 0.779. The molecule has 0 bridgehead atoms. The summed E-state index contributed by atoms with van der Waals surface area (Å²) >= 11 is 12.0. The van der Waals surface area contributed by atoms with Crippen LogP contribution in [0.25, 0.3) is 0 Å². The molecule has 22 heavy (non-hydrogen) atoms. The molecule has 8 heteroatoms. The number of benzene rings is 1. The van der Waals surface area contributed by atoms with Gasteiger partial charge in [0.05, 0.1) is 17.2 Å². The zero-order chi connectivity index (χ0) is 15.0. The third kappa shape index (κ3) is 3.29. The minimum absolute atomic E-state index is 0. The van der Waals surface area contributed by atoms with E-state index in [4.69, 9.17) is 38.4 Å². The Hall–Kier alpha value is -0.720. The van der Waals surface area contributed by atoms with E-state index in [2.05, 4.69) is 5.32 Å². The summed E-state index contributed by atoms with van der Waals surface area (Å²) in [6.07, 6.45) is 1.04. The summed E-state index contributed by atoms with van der Waals surface area (Å²) in [6, 6.07) is 3.29. The van der Waals surface area contributed by atoms with Gasteiger partial charge in [-0.25, -0.2) is 0 Å². The number of ether oxygens (including phenoxy) is 2. The third-order valence-electron chi connectivity index (χ3n) is 3.83. The van der Waals surface area contributed by atoms with Gasteiger partial charge in [0.2, 0.25) is 5.91 Å². The average molecular weight is 368 g/mol. The number of halogens is 3. The van der Waals surface area contributed by atoms with Gasteiger partial charge in [0.25, 0.3) is 0 Å². The van der Waals surface area contributed by atoms with E-state index in [1.54, 1.807) is 6.07 Å². The molecule has 3 atom stereocenters. The molecule has 1 aromatic carbocycles. The molecule has 0 radical (unpaired) electrons. The number of nitrogens with one attached hydrogen (secondary N) is 1. The Labute approximate surface area is 144 Å². The Morgan fingerprint density at radius 2 is 2.14 bits per heavy atom. The van der Waals surface area contributed by atoms with Gasteiger partial charge in [-0.1, -0.05) is 29.3 Å². The topological polar surface area (TPSA) is 73.6 Å². The second-order valence-electron chi connectivity index (χ2n) is 5.21. The molecular weight excluding hydrogens is 351 g/mol. The molecule has 0 aliphatic carbocycles. The van der Waals surface area contributed by atoms with Gasteiger partial charge in [0, 0.05) is 12.1 Å². The first-order chi connectivity index (χ1) is 10.1. The fraction of sp³-hybridized carbons (Fsp3) is 0.500. The number of nitrogens with two attached hydrogens (primary N) is 1. The maximum Gasteiger partial charge on any atom is 0.249 e. The van der Waals surface area contributed by atoms with Crippen molar-refractivity contribution in [2.24, 2.45) is 5.73 Å². The molecule has 3 N–H and O–H groups in total. The SMILES string of the molecule is Cl.NC[C@H]1CC[C@@H](C(=O)NC2COc3c2ccc(Cl)c3Cl)O1. The Kier molecular flexibility index (Phi) is 5.80. The van der Waals surface area contributed by atoms with Crippen molar-refractivity contribution < 1.29 is 14.3 Å². The van der Waals surface area contributed by atoms with E-state index in [0.717, 1.165) is 12.0 Å². The van der Waals surface area contributed by atoms with Crippen molar-refractivity contribution in [3.63, 3.8) is 0 Å². The van der Waals surface area contributed by atoms with Gasteiger partial charge in [-0.3, -0.25) is 4.79 Å². The van der Waals surface area contributed by atoms with Gasteiger partial charge in [0.15, 0.2) is 0 Å². The summed E-state index contributed by atoms with van der Waals surface area (Å²) < 4.78 is 11.1. The number of fused-ring (bicyclic) bond motifs is 1. The van der Waals surface area contributed by atoms with Crippen molar-refractivity contribution in [3.05, 3.63) is 27.7 Å². The number of hydrogen-bond donors (Lipinski definition) is 2. The Balaban J connectivity index is 0.00000176. The maximum absolute atomic E-state index is 12.2. The first-order valence-electron chi connectivity index (χ1n) is 6.86. The van der Waals surface area contributed by atoms with E-state index in [9.17, 15) is 4.79 Å². The number of carbonyl (C=O) groups excluding carboxylic acids is 1. The highest BCUT2D eigenvalue weighted by Gasteiger charge is 2.34. The molecule has 1 unspecified atom stereocenters. The molecule has 2 heterocycles. The van der Waals surface area contributed by atoms with Crippen molar-refractivity contribution in [2.45, 2.75) is 31.1 Å². The van der Waals surface area contributed by atoms with Gasteiger partial charge in [-0.2, -0.15) is 0 Å². The number of amides is 1. The zero-order valence-electron chi connectivity index (χ0n) is 11.7. The van der Waals surface area contributed by atoms with Crippen LogP contribution >= 0.6 is 35.6 Å². The monoisotopic (exact) mass is 366 g/mol. The molecule has 1 aromatic rings. The largest absolute Gasteiger partial charge is 0.489 e. The van der Waals surface area contributed by atoms with Gasteiger partial charge in [-0.05, 0) is 18.9 Å². The van der Waals surface area contributed by atoms with Crippen molar-refractivity contribution in [1.82, 2.24) is 5.32 Å². The van der Waals surface area contributed by atoms with Crippen molar-refractivity contribution in [2.75, 3.05) is 13.2 Å². The Bertz CT molecular complexity index is 571. The fourth-order valence-electron chi connectivity index (χ4n) is 2.68. The molecule has 1 amide bonds. The molecular formula is C14H17Cl3N2O3. The number of carbonyl (C=O) groups is 1. The van der Waals surface area contributed by atoms with Crippen molar-refractivity contribution in [1.29, 1.82) is 0 Å². The van der Waals surface area contributed by atoms with E-state index in [0.29, 0.717) is 35.4 Å². The Morgan fingerprint density at radius 1 is 1.36 bits per heavy atom. The first-order valence-corrected chi connectivity index (χ1v) is 7.62. The third-order valence-corrected chi connectivity index (χ3v) is 4.62. The fourth-order valence-corrected chi connectivity index (χ4v) is 3.06. The standard InChI is InChI=1S/C14H16Cl2N2O3.ClH/c15-9-3-2-8-10(6-20-13(8)12(9)16)18-14(19)11-4-1-7(5-17)21-11;/h2-3,7,10-11H,1,4-6,17H2,(H,18,19);1H/t7-,10?,11+;/m1./s1. The highest BCUT2D eigenvalue weighted by Crippen LogP contribution is 2.42. The predicted molar refractivity (Wildman–Crippen MR) is 87.0 cm³/mol. The van der Waals surface area contributed by atoms with E-state index in [-0.39, 0.29) is 30.5 Å². The summed E-state index contributed by atoms with van der Waals surface area (Å²) in [4.78, 5) is 12.2. The minimum Gasteiger partial charge on any atom is -0.489 e. The lowest BCUT2D eigenvalue weighted by molar-refractivity contribution is -0.132. The van der Waals surface area contributed by atoms with Crippen LogP contribution in [-0.2, 0) is 9.53 Å². The predicted octanol–water partition coefficient (Wildman–Crippen LogP) is 2.47. The minimum atomic E-state index is -0.439. The molecule has 0 saturated carbocycles. The van der Waals surface area contributed by atoms with Crippen LogP contribution in [0.2, 0.25) is 10.0 Å². The van der Waals surface area contributed by atoms with Crippen molar-refractivity contribution in [3.8, 4) is 5.75 Å². The highest BCUT2D eigenvalue weighted by atomic mass is 35.5. The van der Waals surface area contributed by atoms with Gasteiger partial charge < -0.3 is 20.5 Å². The maximum atomic E-state index is 12.2. The van der Waals surface area contributed by atoms with Crippen molar-refractivity contribution >= 4 is 41.5 Å². The molecule has 3 rings (SSSR count). The Morgan fingerprint density at radius 3 is 2.82 bits per heavy atom. The second kappa shape index (κ2) is 7.23. The first kappa shape index (κ1) is 17.6. The molecule has 1 saturated heterocycles. The van der Waals surface area contributed by atoms with Crippen LogP contribution in [0, 0.1) is 0 Å². The van der Waals surface area contributed by atoms with Crippen LogP contribution in [0.5, 0.6) is 5.75 Å². The average Bonchev–Trinajstić information content (AvgIpc) is 3.10. The lowest BCUT2D eigenvalue weighted by atomic mass is 10.1. The summed E-state index contributed by atoms with van der Waals surface area (Å²) in [5.41, 5.74) is 6.39. The smallest absolute Gasteiger partial charge is 0.249 e. The molecule has 0 aromatic heterocycles.